The molecule has 0 saturated heterocycles. The lowest BCUT2D eigenvalue weighted by molar-refractivity contribution is 0.145. The molecule has 0 bridgehead atoms. The number of aryl methyl sites for hydroxylation is 1. The maximum Gasteiger partial charge on any atom is 0.276 e. The second-order valence-electron chi connectivity index (χ2n) is 7.06. The Kier molecular flexibility index (Phi) is 9.00. The lowest BCUT2D eigenvalue weighted by atomic mass is 10.1. The van der Waals surface area contributed by atoms with Gasteiger partial charge in [-0.2, -0.15) is 4.98 Å². The first-order valence-electron chi connectivity index (χ1n) is 10.7. The van der Waals surface area contributed by atoms with E-state index < -0.39 is 0 Å². The third-order valence-corrected chi connectivity index (χ3v) is 4.51. The van der Waals surface area contributed by atoms with E-state index in [9.17, 15) is 0 Å². The van der Waals surface area contributed by atoms with Crippen LogP contribution in [0.5, 0.6) is 5.75 Å². The second-order valence-corrected chi connectivity index (χ2v) is 7.06. The van der Waals surface area contributed by atoms with Crippen LogP contribution in [0.25, 0.3) is 11.6 Å². The summed E-state index contributed by atoms with van der Waals surface area (Å²) >= 11 is 0. The fourth-order valence-corrected chi connectivity index (χ4v) is 2.91. The van der Waals surface area contributed by atoms with E-state index in [1.165, 1.54) is 0 Å². The first-order chi connectivity index (χ1) is 15.7. The van der Waals surface area contributed by atoms with Crippen LogP contribution in [0, 0.1) is 6.92 Å². The summed E-state index contributed by atoms with van der Waals surface area (Å²) in [6.07, 6.45) is 2.29. The van der Waals surface area contributed by atoms with E-state index in [2.05, 4.69) is 31.8 Å². The van der Waals surface area contributed by atoms with Gasteiger partial charge in [0.2, 0.25) is 0 Å². The predicted molar refractivity (Wildman–Crippen MR) is 123 cm³/mol. The molecule has 0 spiro atoms. The first-order valence-corrected chi connectivity index (χ1v) is 10.7. The molecule has 0 aliphatic heterocycles. The van der Waals surface area contributed by atoms with Crippen LogP contribution in [-0.2, 0) is 17.7 Å². The second kappa shape index (κ2) is 12.4. The molecule has 170 valence electrons. The van der Waals surface area contributed by atoms with Crippen molar-refractivity contribution in [3.8, 4) is 17.3 Å². The Morgan fingerprint density at radius 2 is 2.06 bits per heavy atom. The Morgan fingerprint density at radius 3 is 2.84 bits per heavy atom. The molecule has 1 aromatic carbocycles. The summed E-state index contributed by atoms with van der Waals surface area (Å²) in [6.45, 7) is 6.96. The van der Waals surface area contributed by atoms with Crippen molar-refractivity contribution in [2.45, 2.75) is 26.8 Å². The SMILES string of the molecule is CCNC(=NCc1ccc(C)cc1OCCOC)NCCc1noc(-c2ccccn2)n1. The summed E-state index contributed by atoms with van der Waals surface area (Å²) in [6, 6.07) is 11.7. The standard InChI is InChI=1S/C23H30N6O3/c1-4-24-23(27-16-18-9-8-17(2)15-20(18)31-14-13-30-3)26-12-10-21-28-22(32-29-21)19-7-5-6-11-25-19/h5-9,11,15H,4,10,12-14,16H2,1-3H3,(H2,24,26,27). The van der Waals surface area contributed by atoms with Gasteiger partial charge in [0.15, 0.2) is 11.8 Å². The summed E-state index contributed by atoms with van der Waals surface area (Å²) in [5, 5.41) is 10.6. The van der Waals surface area contributed by atoms with Gasteiger partial charge >= 0.3 is 0 Å². The lowest BCUT2D eigenvalue weighted by Gasteiger charge is -2.13. The molecule has 9 heteroatoms. The van der Waals surface area contributed by atoms with Crippen LogP contribution in [0.1, 0.15) is 23.9 Å². The van der Waals surface area contributed by atoms with Gasteiger partial charge in [0, 0.05) is 38.4 Å². The molecular formula is C23H30N6O3. The van der Waals surface area contributed by atoms with Crippen molar-refractivity contribution in [3.63, 3.8) is 0 Å². The smallest absolute Gasteiger partial charge is 0.276 e. The van der Waals surface area contributed by atoms with Crippen LogP contribution in [0.3, 0.4) is 0 Å². The molecule has 9 nitrogen and oxygen atoms in total. The molecule has 3 rings (SSSR count). The number of pyridine rings is 1. The quantitative estimate of drug-likeness (QED) is 0.267. The maximum atomic E-state index is 5.86. The largest absolute Gasteiger partial charge is 0.491 e. The molecule has 0 aliphatic rings. The zero-order valence-electron chi connectivity index (χ0n) is 18.8. The van der Waals surface area contributed by atoms with E-state index in [-0.39, 0.29) is 0 Å². The van der Waals surface area contributed by atoms with E-state index in [1.54, 1.807) is 13.3 Å². The predicted octanol–water partition coefficient (Wildman–Crippen LogP) is 2.76. The van der Waals surface area contributed by atoms with Crippen LogP contribution in [-0.4, -0.2) is 54.5 Å². The summed E-state index contributed by atoms with van der Waals surface area (Å²) in [5.41, 5.74) is 2.82. The normalized spacial score (nSPS) is 11.4. The molecule has 2 aromatic heterocycles. The highest BCUT2D eigenvalue weighted by atomic mass is 16.5. The van der Waals surface area contributed by atoms with E-state index in [4.69, 9.17) is 19.0 Å². The molecule has 3 aromatic rings. The number of hydrogen-bond donors (Lipinski definition) is 2. The molecule has 0 radical (unpaired) electrons. The molecule has 0 atom stereocenters. The fraction of sp³-hybridized carbons (Fsp3) is 0.391. The van der Waals surface area contributed by atoms with Crippen LogP contribution in [0.15, 0.2) is 52.1 Å². The van der Waals surface area contributed by atoms with E-state index in [1.807, 2.05) is 44.2 Å². The highest BCUT2D eigenvalue weighted by Crippen LogP contribution is 2.21. The number of nitrogens with one attached hydrogen (secondary N) is 2. The third kappa shape index (κ3) is 7.05. The minimum Gasteiger partial charge on any atom is -0.491 e. The van der Waals surface area contributed by atoms with Gasteiger partial charge < -0.3 is 24.6 Å². The summed E-state index contributed by atoms with van der Waals surface area (Å²) < 4.78 is 16.2. The maximum absolute atomic E-state index is 5.86. The Hall–Kier alpha value is -3.46. The van der Waals surface area contributed by atoms with Crippen molar-refractivity contribution >= 4 is 5.96 Å². The van der Waals surface area contributed by atoms with Crippen LogP contribution in [0.2, 0.25) is 0 Å². The number of aliphatic imine (C=N–C) groups is 1. The number of aromatic nitrogens is 3. The number of rotatable bonds is 11. The summed E-state index contributed by atoms with van der Waals surface area (Å²) in [5.74, 6) is 2.57. The minimum absolute atomic E-state index is 0.418. The number of methoxy groups -OCH3 is 1. The van der Waals surface area contributed by atoms with E-state index in [0.717, 1.165) is 23.4 Å². The zero-order chi connectivity index (χ0) is 22.6. The molecule has 0 aliphatic carbocycles. The lowest BCUT2D eigenvalue weighted by Crippen LogP contribution is -2.38. The number of hydrogen-bond acceptors (Lipinski definition) is 7. The number of guanidine groups is 1. The van der Waals surface area contributed by atoms with Crippen molar-refractivity contribution in [1.82, 2.24) is 25.8 Å². The van der Waals surface area contributed by atoms with Gasteiger partial charge in [-0.15, -0.1) is 0 Å². The molecule has 2 N–H and O–H groups in total. The van der Waals surface area contributed by atoms with E-state index in [0.29, 0.717) is 56.1 Å². The van der Waals surface area contributed by atoms with Gasteiger partial charge in [0.05, 0.1) is 13.2 Å². The summed E-state index contributed by atoms with van der Waals surface area (Å²) in [7, 11) is 1.66. The Labute approximate surface area is 188 Å². The van der Waals surface area contributed by atoms with Crippen molar-refractivity contribution in [2.24, 2.45) is 4.99 Å². The van der Waals surface area contributed by atoms with Crippen molar-refractivity contribution in [3.05, 3.63) is 59.5 Å². The number of nitrogens with zero attached hydrogens (tertiary/aromatic N) is 4. The van der Waals surface area contributed by atoms with Crippen molar-refractivity contribution in [2.75, 3.05) is 33.4 Å². The molecule has 0 saturated carbocycles. The van der Waals surface area contributed by atoms with Gasteiger partial charge in [-0.05, 0) is 37.6 Å². The number of benzene rings is 1. The molecule has 0 unspecified atom stereocenters. The topological polar surface area (TPSA) is 107 Å². The average Bonchev–Trinajstić information content (AvgIpc) is 3.28. The van der Waals surface area contributed by atoms with Crippen LogP contribution in [0.4, 0.5) is 0 Å². The Morgan fingerprint density at radius 1 is 1.16 bits per heavy atom. The van der Waals surface area contributed by atoms with E-state index >= 15 is 0 Å². The molecule has 0 amide bonds. The highest BCUT2D eigenvalue weighted by molar-refractivity contribution is 5.79. The van der Waals surface area contributed by atoms with Gasteiger partial charge in [-0.25, -0.2) is 4.99 Å². The minimum atomic E-state index is 0.418. The average molecular weight is 439 g/mol. The Balaban J connectivity index is 1.57. The zero-order valence-corrected chi connectivity index (χ0v) is 18.8. The molecule has 0 fully saturated rings. The molecule has 2 heterocycles. The van der Waals surface area contributed by atoms with Gasteiger partial charge in [0.1, 0.15) is 18.1 Å². The highest BCUT2D eigenvalue weighted by Gasteiger charge is 2.10. The monoisotopic (exact) mass is 438 g/mol. The van der Waals surface area contributed by atoms with Gasteiger partial charge in [-0.1, -0.05) is 23.4 Å². The van der Waals surface area contributed by atoms with Crippen molar-refractivity contribution < 1.29 is 14.0 Å². The number of ether oxygens (including phenoxy) is 2. The van der Waals surface area contributed by atoms with Crippen LogP contribution >= 0.6 is 0 Å². The van der Waals surface area contributed by atoms with Crippen LogP contribution < -0.4 is 15.4 Å². The molecule has 32 heavy (non-hydrogen) atoms. The third-order valence-electron chi connectivity index (χ3n) is 4.51. The molecular weight excluding hydrogens is 408 g/mol. The fourth-order valence-electron chi connectivity index (χ4n) is 2.91. The van der Waals surface area contributed by atoms with Gasteiger partial charge in [-0.3, -0.25) is 4.98 Å². The van der Waals surface area contributed by atoms with Crippen molar-refractivity contribution in [1.29, 1.82) is 0 Å². The first kappa shape index (κ1) is 23.2. The Bertz CT molecular complexity index is 990. The summed E-state index contributed by atoms with van der Waals surface area (Å²) in [4.78, 5) is 13.3. The van der Waals surface area contributed by atoms with Gasteiger partial charge in [0.25, 0.3) is 5.89 Å².